The second kappa shape index (κ2) is 9.19. The number of hydrogen-bond acceptors (Lipinski definition) is 5. The van der Waals surface area contributed by atoms with Crippen LogP contribution in [0.1, 0.15) is 52.8 Å². The quantitative estimate of drug-likeness (QED) is 0.704. The Morgan fingerprint density at radius 3 is 2.28 bits per heavy atom. The highest BCUT2D eigenvalue weighted by Gasteiger charge is 2.21. The number of esters is 1. The topological polar surface area (TPSA) is 102 Å². The molecule has 0 atom stereocenters. The van der Waals surface area contributed by atoms with Gasteiger partial charge in [-0.15, -0.1) is 0 Å². The highest BCUT2D eigenvalue weighted by molar-refractivity contribution is 7.89. The second-order valence-corrected chi connectivity index (χ2v) is 8.72. The molecule has 0 radical (unpaired) electrons. The molecule has 2 N–H and O–H groups in total. The Labute approximate surface area is 170 Å². The van der Waals surface area contributed by atoms with Gasteiger partial charge in [0.1, 0.15) is 0 Å². The molecule has 2 aromatic rings. The van der Waals surface area contributed by atoms with Crippen LogP contribution in [0.15, 0.2) is 53.4 Å². The lowest BCUT2D eigenvalue weighted by Crippen LogP contribution is -2.36. The third-order valence-corrected chi connectivity index (χ3v) is 6.43. The molecule has 1 amide bonds. The van der Waals surface area contributed by atoms with Gasteiger partial charge in [-0.1, -0.05) is 25.3 Å². The summed E-state index contributed by atoms with van der Waals surface area (Å²) in [6.45, 7) is 0. The number of anilines is 1. The molecule has 1 aliphatic carbocycles. The predicted octanol–water partition coefficient (Wildman–Crippen LogP) is 3.34. The van der Waals surface area contributed by atoms with Crippen molar-refractivity contribution in [3.8, 4) is 0 Å². The Balaban J connectivity index is 1.67. The molecule has 0 saturated heterocycles. The minimum Gasteiger partial charge on any atom is -0.465 e. The maximum atomic E-state index is 12.5. The highest BCUT2D eigenvalue weighted by atomic mass is 32.2. The van der Waals surface area contributed by atoms with E-state index in [1.54, 1.807) is 18.2 Å². The number of methoxy groups -OCH3 is 1. The molecule has 2 aromatic carbocycles. The standard InChI is InChI=1S/C21H24N2O5S/c1-28-21(25)16-7-5-6-15(14-16)20(24)22-17-10-12-19(13-11-17)29(26,27)23-18-8-3-2-4-9-18/h5-7,10-14,18,23H,2-4,8-9H2,1H3,(H,22,24). The number of rotatable bonds is 6. The molecule has 0 aliphatic heterocycles. The van der Waals surface area contributed by atoms with E-state index in [0.29, 0.717) is 11.3 Å². The van der Waals surface area contributed by atoms with Crippen molar-refractivity contribution in [1.82, 2.24) is 4.72 Å². The summed E-state index contributed by atoms with van der Waals surface area (Å²) in [6.07, 6.45) is 4.94. The van der Waals surface area contributed by atoms with Crippen molar-refractivity contribution in [2.75, 3.05) is 12.4 Å². The first kappa shape index (κ1) is 21.0. The Hall–Kier alpha value is -2.71. The minimum atomic E-state index is -3.59. The van der Waals surface area contributed by atoms with E-state index in [9.17, 15) is 18.0 Å². The molecular formula is C21H24N2O5S. The second-order valence-electron chi connectivity index (χ2n) is 7.01. The molecule has 1 fully saturated rings. The van der Waals surface area contributed by atoms with Crippen LogP contribution < -0.4 is 10.0 Å². The molecule has 29 heavy (non-hydrogen) atoms. The van der Waals surface area contributed by atoms with Gasteiger partial charge in [0.2, 0.25) is 10.0 Å². The number of ether oxygens (including phenoxy) is 1. The van der Waals surface area contributed by atoms with E-state index in [0.717, 1.165) is 32.1 Å². The van der Waals surface area contributed by atoms with Gasteiger partial charge >= 0.3 is 5.97 Å². The van der Waals surface area contributed by atoms with Crippen molar-refractivity contribution >= 4 is 27.6 Å². The zero-order valence-electron chi connectivity index (χ0n) is 16.2. The number of carbonyl (C=O) groups is 2. The van der Waals surface area contributed by atoms with Crippen molar-refractivity contribution in [3.63, 3.8) is 0 Å². The van der Waals surface area contributed by atoms with Crippen LogP contribution in [0.2, 0.25) is 0 Å². The monoisotopic (exact) mass is 416 g/mol. The van der Waals surface area contributed by atoms with Gasteiger partial charge in [0.25, 0.3) is 5.91 Å². The number of amides is 1. The zero-order chi connectivity index (χ0) is 20.9. The molecule has 3 rings (SSSR count). The van der Waals surface area contributed by atoms with Crippen LogP contribution in [-0.2, 0) is 14.8 Å². The van der Waals surface area contributed by atoms with Crippen molar-refractivity contribution in [1.29, 1.82) is 0 Å². The summed E-state index contributed by atoms with van der Waals surface area (Å²) in [5.74, 6) is -0.939. The minimum absolute atomic E-state index is 0.0183. The van der Waals surface area contributed by atoms with E-state index in [1.165, 1.54) is 37.4 Å². The summed E-state index contributed by atoms with van der Waals surface area (Å²) in [7, 11) is -2.32. The van der Waals surface area contributed by atoms with Crippen LogP contribution in [0.4, 0.5) is 5.69 Å². The SMILES string of the molecule is COC(=O)c1cccc(C(=O)Nc2ccc(S(=O)(=O)NC3CCCCC3)cc2)c1. The van der Waals surface area contributed by atoms with E-state index in [2.05, 4.69) is 14.8 Å². The number of hydrogen-bond donors (Lipinski definition) is 2. The average molecular weight is 416 g/mol. The molecule has 0 heterocycles. The van der Waals surface area contributed by atoms with Gasteiger partial charge < -0.3 is 10.1 Å². The van der Waals surface area contributed by atoms with Gasteiger partial charge in [0.15, 0.2) is 0 Å². The third kappa shape index (κ3) is 5.42. The Morgan fingerprint density at radius 2 is 1.62 bits per heavy atom. The number of nitrogens with one attached hydrogen (secondary N) is 2. The van der Waals surface area contributed by atoms with Crippen LogP contribution in [0.3, 0.4) is 0 Å². The van der Waals surface area contributed by atoms with Gasteiger partial charge in [-0.3, -0.25) is 4.79 Å². The highest BCUT2D eigenvalue weighted by Crippen LogP contribution is 2.21. The molecule has 0 aromatic heterocycles. The maximum absolute atomic E-state index is 12.5. The summed E-state index contributed by atoms with van der Waals surface area (Å²) in [5.41, 5.74) is 1.02. The molecule has 7 nitrogen and oxygen atoms in total. The lowest BCUT2D eigenvalue weighted by Gasteiger charge is -2.22. The molecule has 8 heteroatoms. The summed E-state index contributed by atoms with van der Waals surface area (Å²) >= 11 is 0. The number of carbonyl (C=O) groups excluding carboxylic acids is 2. The third-order valence-electron chi connectivity index (χ3n) is 4.90. The lowest BCUT2D eigenvalue weighted by molar-refractivity contribution is 0.0600. The van der Waals surface area contributed by atoms with Crippen molar-refractivity contribution in [2.24, 2.45) is 0 Å². The molecule has 1 saturated carbocycles. The average Bonchev–Trinajstić information content (AvgIpc) is 2.74. The van der Waals surface area contributed by atoms with E-state index in [4.69, 9.17) is 0 Å². The largest absolute Gasteiger partial charge is 0.465 e. The summed E-state index contributed by atoms with van der Waals surface area (Å²) in [6, 6.07) is 12.2. The predicted molar refractivity (Wildman–Crippen MR) is 109 cm³/mol. The Bertz CT molecular complexity index is 980. The molecular weight excluding hydrogens is 392 g/mol. The van der Waals surface area contributed by atoms with E-state index in [1.807, 2.05) is 0 Å². The first-order valence-corrected chi connectivity index (χ1v) is 11.0. The molecule has 0 spiro atoms. The first-order chi connectivity index (χ1) is 13.9. The fourth-order valence-corrected chi connectivity index (χ4v) is 4.64. The van der Waals surface area contributed by atoms with Gasteiger partial charge in [0.05, 0.1) is 17.6 Å². The van der Waals surface area contributed by atoms with Crippen LogP contribution in [0, 0.1) is 0 Å². The normalized spacial score (nSPS) is 14.9. The van der Waals surface area contributed by atoms with Crippen LogP contribution in [0.5, 0.6) is 0 Å². The molecule has 154 valence electrons. The van der Waals surface area contributed by atoms with E-state index in [-0.39, 0.29) is 16.5 Å². The van der Waals surface area contributed by atoms with Crippen LogP contribution in [0.25, 0.3) is 0 Å². The van der Waals surface area contributed by atoms with E-state index >= 15 is 0 Å². The Morgan fingerprint density at radius 1 is 0.966 bits per heavy atom. The lowest BCUT2D eigenvalue weighted by atomic mass is 9.96. The number of sulfonamides is 1. The van der Waals surface area contributed by atoms with Crippen LogP contribution in [-0.4, -0.2) is 33.4 Å². The summed E-state index contributed by atoms with van der Waals surface area (Å²) in [4.78, 5) is 24.2. The first-order valence-electron chi connectivity index (χ1n) is 9.51. The fourth-order valence-electron chi connectivity index (χ4n) is 3.33. The summed E-state index contributed by atoms with van der Waals surface area (Å²) in [5, 5.41) is 2.70. The zero-order valence-corrected chi connectivity index (χ0v) is 17.0. The smallest absolute Gasteiger partial charge is 0.337 e. The van der Waals surface area contributed by atoms with Gasteiger partial charge in [-0.2, -0.15) is 0 Å². The van der Waals surface area contributed by atoms with Crippen LogP contribution >= 0.6 is 0 Å². The Kier molecular flexibility index (Phi) is 6.66. The molecule has 0 unspecified atom stereocenters. The molecule has 1 aliphatic rings. The fraction of sp³-hybridized carbons (Fsp3) is 0.333. The van der Waals surface area contributed by atoms with Gasteiger partial charge in [0, 0.05) is 17.3 Å². The van der Waals surface area contributed by atoms with E-state index < -0.39 is 21.9 Å². The van der Waals surface area contributed by atoms with Gasteiger partial charge in [-0.05, 0) is 55.3 Å². The van der Waals surface area contributed by atoms with Crippen molar-refractivity contribution < 1.29 is 22.7 Å². The van der Waals surface area contributed by atoms with Gasteiger partial charge in [-0.25, -0.2) is 17.9 Å². The maximum Gasteiger partial charge on any atom is 0.337 e. The molecule has 0 bridgehead atoms. The number of benzene rings is 2. The summed E-state index contributed by atoms with van der Waals surface area (Å²) < 4.78 is 32.5. The van der Waals surface area contributed by atoms with Crippen molar-refractivity contribution in [2.45, 2.75) is 43.0 Å². The van der Waals surface area contributed by atoms with Crippen molar-refractivity contribution in [3.05, 3.63) is 59.7 Å².